The zero-order chi connectivity index (χ0) is 21.3. The number of fused-ring (bicyclic) bond motifs is 1. The smallest absolute Gasteiger partial charge is 0.262 e. The molecule has 30 heavy (non-hydrogen) atoms. The summed E-state index contributed by atoms with van der Waals surface area (Å²) in [6, 6.07) is 16.2. The minimum Gasteiger partial charge on any atom is -0.483 e. The molecule has 0 aliphatic carbocycles. The van der Waals surface area contributed by atoms with Crippen molar-refractivity contribution in [1.29, 1.82) is 0 Å². The number of amides is 1. The van der Waals surface area contributed by atoms with Crippen molar-refractivity contribution in [2.45, 2.75) is 13.8 Å². The van der Waals surface area contributed by atoms with E-state index < -0.39 is 0 Å². The van der Waals surface area contributed by atoms with Gasteiger partial charge in [0.1, 0.15) is 11.3 Å². The van der Waals surface area contributed by atoms with E-state index in [-0.39, 0.29) is 12.5 Å². The van der Waals surface area contributed by atoms with Crippen molar-refractivity contribution in [3.05, 3.63) is 75.8 Å². The van der Waals surface area contributed by atoms with Crippen LogP contribution in [0.1, 0.15) is 11.1 Å². The Kier molecular flexibility index (Phi) is 5.66. The summed E-state index contributed by atoms with van der Waals surface area (Å²) in [7, 11) is 0. The lowest BCUT2D eigenvalue weighted by molar-refractivity contribution is -0.118. The standard InChI is InChI=1S/C23H18Cl2N2O3/c1-13-3-7-20(14(2)9-13)29-12-22(28)26-18-10-15(4-6-17(18)25)23-27-19-11-16(24)5-8-21(19)30-23/h3-11H,12H2,1-2H3,(H,26,28). The number of benzene rings is 3. The van der Waals surface area contributed by atoms with E-state index in [0.29, 0.717) is 44.0 Å². The molecule has 3 aromatic carbocycles. The number of halogens is 2. The zero-order valence-corrected chi connectivity index (χ0v) is 17.8. The highest BCUT2D eigenvalue weighted by Crippen LogP contribution is 2.31. The number of hydrogen-bond acceptors (Lipinski definition) is 4. The van der Waals surface area contributed by atoms with E-state index in [4.69, 9.17) is 32.4 Å². The molecular formula is C23H18Cl2N2O3. The highest BCUT2D eigenvalue weighted by atomic mass is 35.5. The SMILES string of the molecule is Cc1ccc(OCC(=O)Nc2cc(-c3nc4cc(Cl)ccc4o3)ccc2Cl)c(C)c1. The van der Waals surface area contributed by atoms with Crippen LogP contribution in [0.15, 0.2) is 59.0 Å². The Labute approximate surface area is 183 Å². The number of hydrogen-bond donors (Lipinski definition) is 1. The van der Waals surface area contributed by atoms with Gasteiger partial charge < -0.3 is 14.5 Å². The molecule has 4 rings (SSSR count). The molecule has 152 valence electrons. The predicted molar refractivity (Wildman–Crippen MR) is 120 cm³/mol. The lowest BCUT2D eigenvalue weighted by atomic mass is 10.1. The van der Waals surface area contributed by atoms with Gasteiger partial charge in [0, 0.05) is 10.6 Å². The molecule has 0 fully saturated rings. The summed E-state index contributed by atoms with van der Waals surface area (Å²) < 4.78 is 11.4. The Hall–Kier alpha value is -3.02. The molecule has 0 saturated heterocycles. The summed E-state index contributed by atoms with van der Waals surface area (Å²) in [5.74, 6) is 0.755. The van der Waals surface area contributed by atoms with Gasteiger partial charge in [0.25, 0.3) is 5.91 Å². The molecule has 0 spiro atoms. The molecule has 0 aliphatic rings. The third-order valence-corrected chi connectivity index (χ3v) is 5.09. The number of aryl methyl sites for hydroxylation is 2. The summed E-state index contributed by atoms with van der Waals surface area (Å²) in [6.45, 7) is 3.81. The van der Waals surface area contributed by atoms with Crippen molar-refractivity contribution in [1.82, 2.24) is 4.98 Å². The van der Waals surface area contributed by atoms with Crippen LogP contribution >= 0.6 is 23.2 Å². The van der Waals surface area contributed by atoms with Crippen LogP contribution in [0.2, 0.25) is 10.0 Å². The monoisotopic (exact) mass is 440 g/mol. The molecule has 0 aliphatic heterocycles. The molecule has 1 heterocycles. The van der Waals surface area contributed by atoms with E-state index in [2.05, 4.69) is 10.3 Å². The van der Waals surface area contributed by atoms with Gasteiger partial charge in [-0.3, -0.25) is 4.79 Å². The number of rotatable bonds is 5. The maximum atomic E-state index is 12.4. The highest BCUT2D eigenvalue weighted by Gasteiger charge is 2.13. The molecule has 0 bridgehead atoms. The Bertz CT molecular complexity index is 1250. The van der Waals surface area contributed by atoms with Crippen LogP contribution in [0.5, 0.6) is 5.75 Å². The minimum absolute atomic E-state index is 0.133. The quantitative estimate of drug-likeness (QED) is 0.387. The molecule has 1 amide bonds. The van der Waals surface area contributed by atoms with Crippen molar-refractivity contribution < 1.29 is 13.9 Å². The van der Waals surface area contributed by atoms with Crippen LogP contribution in [0, 0.1) is 13.8 Å². The van der Waals surface area contributed by atoms with Gasteiger partial charge in [-0.1, -0.05) is 40.9 Å². The normalized spacial score (nSPS) is 10.9. The Morgan fingerprint density at radius 1 is 1.07 bits per heavy atom. The average Bonchev–Trinajstić information content (AvgIpc) is 3.12. The third kappa shape index (κ3) is 4.42. The van der Waals surface area contributed by atoms with E-state index in [1.165, 1.54) is 0 Å². The van der Waals surface area contributed by atoms with Gasteiger partial charge in [-0.25, -0.2) is 4.98 Å². The predicted octanol–water partition coefficient (Wildman–Crippen LogP) is 6.44. The fourth-order valence-electron chi connectivity index (χ4n) is 3.07. The van der Waals surface area contributed by atoms with Crippen molar-refractivity contribution >= 4 is 45.9 Å². The van der Waals surface area contributed by atoms with E-state index in [1.807, 2.05) is 32.0 Å². The summed E-state index contributed by atoms with van der Waals surface area (Å²) in [5.41, 5.74) is 4.51. The van der Waals surface area contributed by atoms with Crippen LogP contribution < -0.4 is 10.1 Å². The number of carbonyl (C=O) groups excluding carboxylic acids is 1. The number of oxazole rings is 1. The highest BCUT2D eigenvalue weighted by molar-refractivity contribution is 6.33. The van der Waals surface area contributed by atoms with E-state index in [0.717, 1.165) is 11.1 Å². The average molecular weight is 441 g/mol. The maximum Gasteiger partial charge on any atom is 0.262 e. The second kappa shape index (κ2) is 8.38. The van der Waals surface area contributed by atoms with E-state index >= 15 is 0 Å². The maximum absolute atomic E-state index is 12.4. The molecule has 5 nitrogen and oxygen atoms in total. The van der Waals surface area contributed by atoms with Gasteiger partial charge in [-0.15, -0.1) is 0 Å². The van der Waals surface area contributed by atoms with Crippen LogP contribution in [0.25, 0.3) is 22.6 Å². The van der Waals surface area contributed by atoms with Crippen LogP contribution in [-0.2, 0) is 4.79 Å². The molecule has 4 aromatic rings. The van der Waals surface area contributed by atoms with Crippen molar-refractivity contribution in [3.8, 4) is 17.2 Å². The molecule has 7 heteroatoms. The fourth-order valence-corrected chi connectivity index (χ4v) is 3.40. The van der Waals surface area contributed by atoms with Gasteiger partial charge >= 0.3 is 0 Å². The first-order chi connectivity index (χ1) is 14.4. The molecule has 0 atom stereocenters. The number of nitrogens with one attached hydrogen (secondary N) is 1. The summed E-state index contributed by atoms with van der Waals surface area (Å²) in [5, 5.41) is 3.76. The molecular weight excluding hydrogens is 423 g/mol. The number of ether oxygens (including phenoxy) is 1. The lowest BCUT2D eigenvalue weighted by Crippen LogP contribution is -2.20. The second-order valence-corrected chi connectivity index (χ2v) is 7.78. The van der Waals surface area contributed by atoms with Crippen LogP contribution in [-0.4, -0.2) is 17.5 Å². The first-order valence-corrected chi connectivity index (χ1v) is 10.0. The Morgan fingerprint density at radius 2 is 1.90 bits per heavy atom. The van der Waals surface area contributed by atoms with Crippen molar-refractivity contribution in [2.24, 2.45) is 0 Å². The Morgan fingerprint density at radius 3 is 2.70 bits per heavy atom. The minimum atomic E-state index is -0.321. The third-order valence-electron chi connectivity index (χ3n) is 4.53. The molecule has 0 radical (unpaired) electrons. The van der Waals surface area contributed by atoms with E-state index in [1.54, 1.807) is 36.4 Å². The molecule has 1 aromatic heterocycles. The van der Waals surface area contributed by atoms with Gasteiger partial charge in [0.2, 0.25) is 5.89 Å². The van der Waals surface area contributed by atoms with Crippen molar-refractivity contribution in [2.75, 3.05) is 11.9 Å². The van der Waals surface area contributed by atoms with Crippen molar-refractivity contribution in [3.63, 3.8) is 0 Å². The van der Waals surface area contributed by atoms with Crippen LogP contribution in [0.4, 0.5) is 5.69 Å². The lowest BCUT2D eigenvalue weighted by Gasteiger charge is -2.11. The summed E-state index contributed by atoms with van der Waals surface area (Å²) in [6.07, 6.45) is 0. The number of aromatic nitrogens is 1. The number of nitrogens with zero attached hydrogens (tertiary/aromatic N) is 1. The molecule has 1 N–H and O–H groups in total. The number of carbonyl (C=O) groups is 1. The van der Waals surface area contributed by atoms with E-state index in [9.17, 15) is 4.79 Å². The fraction of sp³-hybridized carbons (Fsp3) is 0.130. The first-order valence-electron chi connectivity index (χ1n) is 9.25. The van der Waals surface area contributed by atoms with Gasteiger partial charge in [-0.05, 0) is 61.9 Å². The second-order valence-electron chi connectivity index (χ2n) is 6.93. The van der Waals surface area contributed by atoms with Gasteiger partial charge in [0.05, 0.1) is 10.7 Å². The first kappa shape index (κ1) is 20.3. The Balaban J connectivity index is 1.50. The molecule has 0 saturated carbocycles. The summed E-state index contributed by atoms with van der Waals surface area (Å²) >= 11 is 12.3. The molecule has 0 unspecified atom stereocenters. The summed E-state index contributed by atoms with van der Waals surface area (Å²) in [4.78, 5) is 16.8. The number of anilines is 1. The topological polar surface area (TPSA) is 64.4 Å². The largest absolute Gasteiger partial charge is 0.483 e. The zero-order valence-electron chi connectivity index (χ0n) is 16.3. The van der Waals surface area contributed by atoms with Crippen LogP contribution in [0.3, 0.4) is 0 Å². The van der Waals surface area contributed by atoms with Gasteiger partial charge in [0.15, 0.2) is 12.2 Å². The van der Waals surface area contributed by atoms with Gasteiger partial charge in [-0.2, -0.15) is 0 Å².